The maximum atomic E-state index is 13.0. The number of halogens is 1. The van der Waals surface area contributed by atoms with Crippen LogP contribution in [0.25, 0.3) is 0 Å². The Labute approximate surface area is 167 Å². The third kappa shape index (κ3) is 5.37. The predicted octanol–water partition coefficient (Wildman–Crippen LogP) is 4.06. The highest BCUT2D eigenvalue weighted by molar-refractivity contribution is 7.80. The molecule has 8 heteroatoms. The predicted molar refractivity (Wildman–Crippen MR) is 110 cm³/mol. The van der Waals surface area contributed by atoms with Crippen LogP contribution >= 0.6 is 12.2 Å². The first kappa shape index (κ1) is 19.5. The van der Waals surface area contributed by atoms with Crippen LogP contribution in [-0.4, -0.2) is 27.5 Å². The fraction of sp³-hybridized carbons (Fsp3) is 0.150. The molecule has 0 aliphatic heterocycles. The minimum absolute atomic E-state index is 0.265. The molecule has 0 unspecified atom stereocenters. The largest absolute Gasteiger partial charge is 0.462 e. The van der Waals surface area contributed by atoms with Gasteiger partial charge in [-0.1, -0.05) is 12.1 Å². The van der Waals surface area contributed by atoms with Crippen LogP contribution in [0.15, 0.2) is 60.9 Å². The van der Waals surface area contributed by atoms with Gasteiger partial charge in [0.2, 0.25) is 0 Å². The van der Waals surface area contributed by atoms with Crippen LogP contribution in [0, 0.1) is 5.82 Å². The van der Waals surface area contributed by atoms with Gasteiger partial charge in [-0.05, 0) is 61.1 Å². The van der Waals surface area contributed by atoms with Crippen LogP contribution in [0.5, 0.6) is 0 Å². The second kappa shape index (κ2) is 9.09. The van der Waals surface area contributed by atoms with Gasteiger partial charge in [-0.2, -0.15) is 5.10 Å². The summed E-state index contributed by atoms with van der Waals surface area (Å²) in [5.74, 6) is -0.624. The van der Waals surface area contributed by atoms with Gasteiger partial charge < -0.3 is 15.4 Å². The number of benzene rings is 2. The molecule has 0 amide bonds. The lowest BCUT2D eigenvalue weighted by molar-refractivity contribution is 0.0526. The molecule has 1 heterocycles. The highest BCUT2D eigenvalue weighted by Gasteiger charge is 2.07. The first-order valence-electron chi connectivity index (χ1n) is 8.65. The number of anilines is 2. The minimum Gasteiger partial charge on any atom is -0.462 e. The van der Waals surface area contributed by atoms with E-state index >= 15 is 0 Å². The lowest BCUT2D eigenvalue weighted by Gasteiger charge is -2.09. The lowest BCUT2D eigenvalue weighted by atomic mass is 10.2. The molecule has 2 N–H and O–H groups in total. The number of esters is 1. The molecule has 3 aromatic rings. The molecule has 3 rings (SSSR count). The number of carbonyl (C=O) groups excluding carboxylic acids is 1. The summed E-state index contributed by atoms with van der Waals surface area (Å²) in [6.07, 6.45) is 3.46. The molecular weight excluding hydrogens is 379 g/mol. The average Bonchev–Trinajstić information content (AvgIpc) is 3.11. The minimum atomic E-state index is -0.358. The van der Waals surface area contributed by atoms with E-state index in [-0.39, 0.29) is 11.8 Å². The molecule has 144 valence electrons. The summed E-state index contributed by atoms with van der Waals surface area (Å²) in [5, 5.41) is 10.7. The summed E-state index contributed by atoms with van der Waals surface area (Å²) in [4.78, 5) is 11.7. The molecule has 2 aromatic carbocycles. The number of nitrogens with one attached hydrogen (secondary N) is 2. The van der Waals surface area contributed by atoms with Crippen molar-refractivity contribution in [1.82, 2.24) is 9.78 Å². The smallest absolute Gasteiger partial charge is 0.338 e. The van der Waals surface area contributed by atoms with Crippen LogP contribution in [0.2, 0.25) is 0 Å². The number of aromatic nitrogens is 2. The molecule has 0 aliphatic rings. The van der Waals surface area contributed by atoms with Gasteiger partial charge in [0.15, 0.2) is 5.11 Å². The number of hydrogen-bond donors (Lipinski definition) is 2. The van der Waals surface area contributed by atoms with Crippen molar-refractivity contribution in [2.75, 3.05) is 17.2 Å². The van der Waals surface area contributed by atoms with E-state index in [0.717, 1.165) is 16.9 Å². The summed E-state index contributed by atoms with van der Waals surface area (Å²) >= 11 is 5.30. The average molecular weight is 398 g/mol. The number of hydrogen-bond acceptors (Lipinski definition) is 4. The van der Waals surface area contributed by atoms with E-state index in [1.165, 1.54) is 12.1 Å². The molecule has 0 radical (unpaired) electrons. The van der Waals surface area contributed by atoms with Crippen LogP contribution in [-0.2, 0) is 11.3 Å². The van der Waals surface area contributed by atoms with Gasteiger partial charge in [0, 0.05) is 11.9 Å². The van der Waals surface area contributed by atoms with Crippen LogP contribution in [0.1, 0.15) is 22.8 Å². The Morgan fingerprint density at radius 1 is 1.11 bits per heavy atom. The van der Waals surface area contributed by atoms with E-state index in [1.807, 2.05) is 0 Å². The van der Waals surface area contributed by atoms with E-state index < -0.39 is 0 Å². The maximum Gasteiger partial charge on any atom is 0.338 e. The second-order valence-corrected chi connectivity index (χ2v) is 6.34. The summed E-state index contributed by atoms with van der Waals surface area (Å²) in [5.41, 5.74) is 2.89. The molecule has 0 saturated heterocycles. The number of rotatable bonds is 6. The van der Waals surface area contributed by atoms with Gasteiger partial charge in [0.05, 0.1) is 30.6 Å². The van der Waals surface area contributed by atoms with Crippen molar-refractivity contribution in [1.29, 1.82) is 0 Å². The third-order valence-corrected chi connectivity index (χ3v) is 4.01. The molecule has 0 saturated carbocycles. The SMILES string of the molecule is CCOC(=O)c1ccc(NC(=S)Nc2cnn(Cc3ccc(F)cc3)c2)cc1. The molecule has 0 aliphatic carbocycles. The molecule has 0 spiro atoms. The van der Waals surface area contributed by atoms with E-state index in [9.17, 15) is 9.18 Å². The zero-order valence-corrected chi connectivity index (χ0v) is 16.0. The van der Waals surface area contributed by atoms with Crippen LogP contribution < -0.4 is 10.6 Å². The highest BCUT2D eigenvalue weighted by atomic mass is 32.1. The summed E-state index contributed by atoms with van der Waals surface area (Å²) in [6.45, 7) is 2.62. The quantitative estimate of drug-likeness (QED) is 0.482. The van der Waals surface area contributed by atoms with E-state index in [4.69, 9.17) is 17.0 Å². The van der Waals surface area contributed by atoms with Crippen LogP contribution in [0.3, 0.4) is 0 Å². The normalized spacial score (nSPS) is 10.4. The van der Waals surface area contributed by atoms with Gasteiger partial charge in [-0.3, -0.25) is 4.68 Å². The van der Waals surface area contributed by atoms with Gasteiger partial charge in [0.25, 0.3) is 0 Å². The van der Waals surface area contributed by atoms with Gasteiger partial charge in [0.1, 0.15) is 5.82 Å². The molecule has 6 nitrogen and oxygen atoms in total. The summed E-state index contributed by atoms with van der Waals surface area (Å²) in [7, 11) is 0. The van der Waals surface area contributed by atoms with Crippen molar-refractivity contribution in [2.45, 2.75) is 13.5 Å². The summed E-state index contributed by atoms with van der Waals surface area (Å²) < 4.78 is 19.7. The van der Waals surface area contributed by atoms with E-state index in [0.29, 0.717) is 23.8 Å². The van der Waals surface area contributed by atoms with Crippen molar-refractivity contribution in [3.05, 3.63) is 77.9 Å². The number of thiocarbonyl (C=S) groups is 1. The van der Waals surface area contributed by atoms with Crippen molar-refractivity contribution < 1.29 is 13.9 Å². The van der Waals surface area contributed by atoms with Crippen molar-refractivity contribution >= 4 is 34.7 Å². The fourth-order valence-electron chi connectivity index (χ4n) is 2.49. The summed E-state index contributed by atoms with van der Waals surface area (Å²) in [6, 6.07) is 13.1. The fourth-order valence-corrected chi connectivity index (χ4v) is 2.72. The molecule has 0 fully saturated rings. The number of nitrogens with zero attached hydrogens (tertiary/aromatic N) is 2. The Morgan fingerprint density at radius 3 is 2.46 bits per heavy atom. The first-order chi connectivity index (χ1) is 13.5. The Morgan fingerprint density at radius 2 is 1.79 bits per heavy atom. The Bertz CT molecular complexity index is 955. The van der Waals surface area contributed by atoms with Gasteiger partial charge in [-0.15, -0.1) is 0 Å². The molecule has 1 aromatic heterocycles. The van der Waals surface area contributed by atoms with Crippen molar-refractivity contribution in [3.63, 3.8) is 0 Å². The standard InChI is InChI=1S/C20H19FN4O2S/c1-2-27-19(26)15-5-9-17(10-6-15)23-20(28)24-18-11-22-25(13-18)12-14-3-7-16(21)8-4-14/h3-11,13H,2,12H2,1H3,(H2,23,24,28). The second-order valence-electron chi connectivity index (χ2n) is 5.93. The first-order valence-corrected chi connectivity index (χ1v) is 9.06. The van der Waals surface area contributed by atoms with Crippen LogP contribution in [0.4, 0.5) is 15.8 Å². The van der Waals surface area contributed by atoms with Gasteiger partial charge in [-0.25, -0.2) is 9.18 Å². The van der Waals surface area contributed by atoms with E-state index in [1.54, 1.807) is 60.4 Å². The zero-order chi connectivity index (χ0) is 19.9. The Hall–Kier alpha value is -3.26. The topological polar surface area (TPSA) is 68.2 Å². The molecule has 0 bridgehead atoms. The number of carbonyl (C=O) groups is 1. The maximum absolute atomic E-state index is 13.0. The molecule has 0 atom stereocenters. The van der Waals surface area contributed by atoms with E-state index in [2.05, 4.69) is 15.7 Å². The lowest BCUT2D eigenvalue weighted by Crippen LogP contribution is -2.18. The number of ether oxygens (including phenoxy) is 1. The Kier molecular flexibility index (Phi) is 6.33. The molecule has 28 heavy (non-hydrogen) atoms. The van der Waals surface area contributed by atoms with Crippen molar-refractivity contribution in [3.8, 4) is 0 Å². The van der Waals surface area contributed by atoms with Crippen molar-refractivity contribution in [2.24, 2.45) is 0 Å². The molecular formula is C20H19FN4O2S. The third-order valence-electron chi connectivity index (χ3n) is 3.80. The highest BCUT2D eigenvalue weighted by Crippen LogP contribution is 2.13. The van der Waals surface area contributed by atoms with Gasteiger partial charge >= 0.3 is 5.97 Å². The zero-order valence-electron chi connectivity index (χ0n) is 15.2. The monoisotopic (exact) mass is 398 g/mol. The Balaban J connectivity index is 1.54.